The van der Waals surface area contributed by atoms with E-state index in [9.17, 15) is 123 Å². The molecule has 1 spiro atoms. The van der Waals surface area contributed by atoms with Crippen LogP contribution in [0.25, 0.3) is 0 Å². The van der Waals surface area contributed by atoms with Crippen molar-refractivity contribution in [3.8, 4) is 0 Å². The van der Waals surface area contributed by atoms with Crippen molar-refractivity contribution in [2.24, 2.45) is 5.41 Å². The summed E-state index contributed by atoms with van der Waals surface area (Å²) in [6.07, 6.45) is -55.7. The molecule has 0 bridgehead atoms. The van der Waals surface area contributed by atoms with Crippen molar-refractivity contribution in [3.63, 3.8) is 0 Å². The molecular weight excluding hydrogens is 912 g/mol. The van der Waals surface area contributed by atoms with Crippen LogP contribution < -0.4 is 0 Å². The van der Waals surface area contributed by atoms with E-state index >= 15 is 0 Å². The molecule has 2 aliphatic rings. The number of hydrogen-bond acceptors (Lipinski definition) is 8. The van der Waals surface area contributed by atoms with Crippen molar-refractivity contribution >= 4 is 0 Å². The third-order valence-electron chi connectivity index (χ3n) is 7.23. The van der Waals surface area contributed by atoms with E-state index in [-0.39, 0.29) is 0 Å². The van der Waals surface area contributed by atoms with Crippen molar-refractivity contribution < 1.29 is 162 Å². The fraction of sp³-hybridized carbons (Fsp3) is 1.00. The Morgan fingerprint density at radius 1 is 0.368 bits per heavy atom. The number of aliphatic hydroxyl groups excluding tert-OH is 2. The van der Waals surface area contributed by atoms with E-state index in [4.69, 9.17) is 10.2 Å². The molecule has 0 aliphatic carbocycles. The van der Waals surface area contributed by atoms with Gasteiger partial charge in [0.2, 0.25) is 0 Å². The van der Waals surface area contributed by atoms with Gasteiger partial charge in [-0.3, -0.25) is 18.9 Å². The topological polar surface area (TPSA) is 95.8 Å². The number of hydrogen-bond donors (Lipinski definition) is 2. The van der Waals surface area contributed by atoms with Gasteiger partial charge < -0.3 is 19.7 Å². The zero-order chi connectivity index (χ0) is 45.7. The lowest BCUT2D eigenvalue weighted by atomic mass is 9.79. The highest BCUT2D eigenvalue weighted by Crippen LogP contribution is 2.71. The molecule has 2 fully saturated rings. The van der Waals surface area contributed by atoms with Gasteiger partial charge in [-0.1, -0.05) is 0 Å². The minimum atomic E-state index is -7.72. The second-order valence-corrected chi connectivity index (χ2v) is 11.1. The predicted molar refractivity (Wildman–Crippen MR) is 110 cm³/mol. The van der Waals surface area contributed by atoms with Crippen molar-refractivity contribution in [2.45, 2.75) is 96.6 Å². The largest absolute Gasteiger partial charge is 0.407 e. The van der Waals surface area contributed by atoms with E-state index in [0.29, 0.717) is 0 Å². The van der Waals surface area contributed by atoms with Crippen LogP contribution in [0.15, 0.2) is 0 Å². The van der Waals surface area contributed by atoms with Crippen LogP contribution in [0.3, 0.4) is 0 Å². The molecule has 0 unspecified atom stereocenters. The van der Waals surface area contributed by atoms with Gasteiger partial charge in [0.05, 0.1) is 0 Å². The average Bonchev–Trinajstić information content (AvgIpc) is 3.00. The molecule has 2 N–H and O–H groups in total. The van der Waals surface area contributed by atoms with E-state index in [1.165, 1.54) is 0 Å². The van der Waals surface area contributed by atoms with Crippen molar-refractivity contribution in [3.05, 3.63) is 0 Å². The van der Waals surface area contributed by atoms with Gasteiger partial charge in [0, 0.05) is 0 Å². The molecule has 2 rings (SSSR count). The van der Waals surface area contributed by atoms with Crippen molar-refractivity contribution in [1.29, 1.82) is 0 Å². The first kappa shape index (κ1) is 50.9. The number of alkyl halides is 28. The zero-order valence-electron chi connectivity index (χ0n) is 25.4. The summed E-state index contributed by atoms with van der Waals surface area (Å²) >= 11 is 0. The molecule has 340 valence electrons. The summed E-state index contributed by atoms with van der Waals surface area (Å²) in [7, 11) is 0. The highest BCUT2D eigenvalue weighted by Gasteiger charge is 2.99. The first-order valence-electron chi connectivity index (χ1n) is 13.2. The minimum Gasteiger partial charge on any atom is -0.390 e. The van der Waals surface area contributed by atoms with E-state index in [1.54, 1.807) is 0 Å². The Morgan fingerprint density at radius 3 is 0.754 bits per heavy atom. The second kappa shape index (κ2) is 13.9. The zero-order valence-corrected chi connectivity index (χ0v) is 25.4. The van der Waals surface area contributed by atoms with Crippen LogP contribution in [-0.2, 0) is 28.4 Å². The van der Waals surface area contributed by atoms with E-state index in [2.05, 4.69) is 28.4 Å². The third kappa shape index (κ3) is 7.36. The molecule has 0 amide bonds. The smallest absolute Gasteiger partial charge is 0.390 e. The van der Waals surface area contributed by atoms with E-state index < -0.39 is 128 Å². The summed E-state index contributed by atoms with van der Waals surface area (Å²) in [5.41, 5.74) is -7.72. The molecule has 36 heteroatoms. The fourth-order valence-corrected chi connectivity index (χ4v) is 4.04. The molecule has 0 aromatic rings. The van der Waals surface area contributed by atoms with Crippen LogP contribution in [0.1, 0.15) is 0 Å². The fourth-order valence-electron chi connectivity index (χ4n) is 4.04. The first-order chi connectivity index (χ1) is 24.7. The van der Waals surface area contributed by atoms with Crippen LogP contribution in [0.4, 0.5) is 123 Å². The molecular formula is C21H12F28O8. The summed E-state index contributed by atoms with van der Waals surface area (Å²) in [5.74, 6) is -57.6. The quantitative estimate of drug-likeness (QED) is 0.155. The highest BCUT2D eigenvalue weighted by molar-refractivity contribution is 5.11. The van der Waals surface area contributed by atoms with Crippen LogP contribution in [-0.4, -0.2) is 133 Å². The van der Waals surface area contributed by atoms with Crippen molar-refractivity contribution in [1.82, 2.24) is 0 Å². The van der Waals surface area contributed by atoms with E-state index in [1.807, 2.05) is 0 Å². The Balaban J connectivity index is 2.47. The Morgan fingerprint density at radius 2 is 0.561 bits per heavy atom. The molecule has 57 heavy (non-hydrogen) atoms. The SMILES string of the molecule is OCC(F)(F)C(F)(F)C(F)(F)C(F)(F)COC(F)(F)C1OC(F)(F)C2(C(F)(F)O1)C(F)(F)OC(C(F)(F)OCC(F)(F)C(F)(F)C(F)(F)C(F)(F)CO)OC2(F)F. The lowest BCUT2D eigenvalue weighted by molar-refractivity contribution is -0.663. The molecule has 2 aliphatic heterocycles. The van der Waals surface area contributed by atoms with Gasteiger partial charge in [0.25, 0.3) is 12.6 Å². The summed E-state index contributed by atoms with van der Waals surface area (Å²) < 4.78 is 405. The molecule has 0 saturated carbocycles. The number of aliphatic hydroxyl groups is 2. The summed E-state index contributed by atoms with van der Waals surface area (Å²) in [6, 6.07) is 0. The summed E-state index contributed by atoms with van der Waals surface area (Å²) in [4.78, 5) is 0. The molecule has 2 heterocycles. The third-order valence-corrected chi connectivity index (χ3v) is 7.23. The molecule has 8 nitrogen and oxygen atoms in total. The highest BCUT2D eigenvalue weighted by atomic mass is 19.4. The lowest BCUT2D eigenvalue weighted by Gasteiger charge is -2.56. The first-order valence-corrected chi connectivity index (χ1v) is 13.2. The Bertz CT molecular complexity index is 1300. The molecule has 2 saturated heterocycles. The van der Waals surface area contributed by atoms with Gasteiger partial charge in [0.1, 0.15) is 26.4 Å². The maximum absolute atomic E-state index is 14.8. The summed E-state index contributed by atoms with van der Waals surface area (Å²) in [6.45, 7) is -15.2. The minimum absolute atomic E-state index is 2.42. The normalized spacial score (nSPS) is 26.8. The van der Waals surface area contributed by atoms with Gasteiger partial charge in [-0.25, -0.2) is 0 Å². The number of halogens is 28. The van der Waals surface area contributed by atoms with Gasteiger partial charge in [0.15, 0.2) is 0 Å². The Labute approximate surface area is 291 Å². The maximum atomic E-state index is 14.8. The Kier molecular flexibility index (Phi) is 12.4. The average molecular weight is 924 g/mol. The second-order valence-electron chi connectivity index (χ2n) is 11.1. The Hall–Kier alpha value is -2.28. The van der Waals surface area contributed by atoms with Crippen LogP contribution >= 0.6 is 0 Å². The molecule has 0 aromatic heterocycles. The molecule has 0 radical (unpaired) electrons. The van der Waals surface area contributed by atoms with Crippen LogP contribution in [0.5, 0.6) is 0 Å². The van der Waals surface area contributed by atoms with Gasteiger partial charge in [-0.2, -0.15) is 123 Å². The van der Waals surface area contributed by atoms with Crippen molar-refractivity contribution in [2.75, 3.05) is 26.4 Å². The van der Waals surface area contributed by atoms with Gasteiger partial charge in [-0.15, -0.1) is 0 Å². The number of ether oxygens (including phenoxy) is 6. The molecule has 0 aromatic carbocycles. The van der Waals surface area contributed by atoms with Gasteiger partial charge in [-0.05, 0) is 0 Å². The number of rotatable bonds is 16. The van der Waals surface area contributed by atoms with Crippen LogP contribution in [0, 0.1) is 5.41 Å². The van der Waals surface area contributed by atoms with Gasteiger partial charge >= 0.3 is 89.4 Å². The maximum Gasteiger partial charge on any atom is 0.407 e. The monoisotopic (exact) mass is 924 g/mol. The molecule has 0 atom stereocenters. The van der Waals surface area contributed by atoms with Crippen LogP contribution in [0.2, 0.25) is 0 Å². The lowest BCUT2D eigenvalue weighted by Crippen LogP contribution is -2.82. The summed E-state index contributed by atoms with van der Waals surface area (Å²) in [5, 5.41) is 16.1. The standard InChI is InChI=1S/C21H12F28O8/c22-7(23,1-50)14(34,35)16(38,39)9(26,27)3-52-11(30,31)5-54-18(42,43)13(19(44,45)55-5)20(46,47)56-6(57-21(13,48)49)12(32,33)53-4-10(28,29)17(40,41)15(36,37)8(24,25)2-51/h5-6,50-51H,1-4H2. The predicted octanol–water partition coefficient (Wildman–Crippen LogP) is 7.38. The van der Waals surface area contributed by atoms with E-state index in [0.717, 1.165) is 0 Å².